The fraction of sp³-hybridized carbons (Fsp3) is 0.872. The maximum absolute atomic E-state index is 12.3. The molecule has 0 aliphatic rings. The van der Waals surface area contributed by atoms with Gasteiger partial charge in [-0.2, -0.15) is 0 Å². The molecule has 5 amide bonds. The lowest BCUT2D eigenvalue weighted by Gasteiger charge is -2.17. The van der Waals surface area contributed by atoms with Gasteiger partial charge in [0.1, 0.15) is 25.9 Å². The van der Waals surface area contributed by atoms with E-state index in [9.17, 15) is 28.8 Å². The molecule has 67 heavy (non-hydrogen) atoms. The molecule has 0 saturated heterocycles. The standard InChI is InChI=1S/C47H91N7O13/c1-3-4-5-6-7-8-9-10-11-12-13-14-15-16-17-21-43(57)51-23-26-62-29-33-66-38-45(59)53-25-28-64-31-34-67-39-46(60)52-24-27-63-30-32-65-37-44(58)50-22-19-18-20-40(49-2)42(56)35-54-41(36-55)47(48)61/h40-41,49,54-55H,3-39H2,1-2H3,(H2,48,61)(H,50,58)(H,51,57)(H,52,60)(H,53,59)/t40-,41-/m0/s1. The maximum atomic E-state index is 12.3. The van der Waals surface area contributed by atoms with E-state index in [2.05, 4.69) is 38.8 Å². The average Bonchev–Trinajstić information content (AvgIpc) is 3.31. The Morgan fingerprint density at radius 2 is 0.851 bits per heavy atom. The fourth-order valence-corrected chi connectivity index (χ4v) is 6.61. The van der Waals surface area contributed by atoms with E-state index in [4.69, 9.17) is 39.3 Å². The lowest BCUT2D eigenvalue weighted by molar-refractivity contribution is -0.128. The number of nitrogens with two attached hydrogens (primary N) is 1. The number of ether oxygens (including phenoxy) is 6. The molecule has 2 atom stereocenters. The first-order valence-corrected chi connectivity index (χ1v) is 25.0. The number of amides is 5. The molecule has 0 aromatic carbocycles. The topological polar surface area (TPSA) is 276 Å². The second-order valence-electron chi connectivity index (χ2n) is 16.4. The van der Waals surface area contributed by atoms with Gasteiger partial charge in [-0.3, -0.25) is 34.1 Å². The molecule has 0 unspecified atom stereocenters. The fourth-order valence-electron chi connectivity index (χ4n) is 6.61. The van der Waals surface area contributed by atoms with Gasteiger partial charge in [0.05, 0.1) is 78.7 Å². The molecule has 0 aliphatic heterocycles. The molecule has 20 heteroatoms. The van der Waals surface area contributed by atoms with Crippen LogP contribution in [0, 0.1) is 0 Å². The first kappa shape index (κ1) is 63.7. The molecule has 0 aromatic heterocycles. The number of aliphatic hydroxyl groups is 1. The van der Waals surface area contributed by atoms with Crippen LogP contribution < -0.4 is 37.6 Å². The quantitative estimate of drug-likeness (QED) is 0.0402. The smallest absolute Gasteiger partial charge is 0.246 e. The molecule has 20 nitrogen and oxygen atoms in total. The van der Waals surface area contributed by atoms with Crippen molar-refractivity contribution in [1.82, 2.24) is 31.9 Å². The minimum Gasteiger partial charge on any atom is -0.394 e. The van der Waals surface area contributed by atoms with Crippen molar-refractivity contribution in [2.75, 3.05) is 126 Å². The Balaban J connectivity index is 3.47. The first-order chi connectivity index (χ1) is 32.6. The van der Waals surface area contributed by atoms with E-state index in [0.717, 1.165) is 12.8 Å². The Labute approximate surface area is 401 Å². The van der Waals surface area contributed by atoms with E-state index in [0.29, 0.717) is 58.5 Å². The van der Waals surface area contributed by atoms with Crippen LogP contribution in [0.2, 0.25) is 0 Å². The Morgan fingerprint density at radius 1 is 0.463 bits per heavy atom. The Hall–Kier alpha value is -3.34. The van der Waals surface area contributed by atoms with Gasteiger partial charge in [-0.25, -0.2) is 0 Å². The number of unbranched alkanes of at least 4 members (excludes halogenated alkanes) is 15. The van der Waals surface area contributed by atoms with Crippen LogP contribution in [0.25, 0.3) is 0 Å². The number of hydrogen-bond acceptors (Lipinski definition) is 15. The SMILES string of the molecule is CCCCCCCCCCCCCCCCCC(=O)NCCOCCOCC(=O)NCCOCCOCC(=O)NCCOCCOCC(=O)NCCCC[C@H](NC)C(=O)CN[C@@H](CO)C(N)=O. The van der Waals surface area contributed by atoms with Gasteiger partial charge < -0.3 is 65.8 Å². The molecule has 0 bridgehead atoms. The third-order valence-electron chi connectivity index (χ3n) is 10.6. The van der Waals surface area contributed by atoms with Crippen molar-refractivity contribution >= 4 is 35.3 Å². The van der Waals surface area contributed by atoms with Crippen LogP contribution in [0.4, 0.5) is 0 Å². The van der Waals surface area contributed by atoms with Crippen LogP contribution in [-0.4, -0.2) is 178 Å². The summed E-state index contributed by atoms with van der Waals surface area (Å²) in [6.45, 7) is 5.18. The zero-order valence-electron chi connectivity index (χ0n) is 41.2. The molecule has 392 valence electrons. The van der Waals surface area contributed by atoms with Gasteiger partial charge in [0, 0.05) is 32.6 Å². The molecule has 0 aliphatic carbocycles. The van der Waals surface area contributed by atoms with Gasteiger partial charge in [-0.1, -0.05) is 96.8 Å². The summed E-state index contributed by atoms with van der Waals surface area (Å²) >= 11 is 0. The van der Waals surface area contributed by atoms with Gasteiger partial charge in [0.25, 0.3) is 0 Å². The van der Waals surface area contributed by atoms with Crippen molar-refractivity contribution in [2.45, 2.75) is 141 Å². The lowest BCUT2D eigenvalue weighted by atomic mass is 10.0. The Kier molecular flexibility index (Phi) is 46.6. The third-order valence-corrected chi connectivity index (χ3v) is 10.6. The average molecular weight is 962 g/mol. The van der Waals surface area contributed by atoms with Gasteiger partial charge in [0.15, 0.2) is 5.78 Å². The second-order valence-corrected chi connectivity index (χ2v) is 16.4. The van der Waals surface area contributed by atoms with E-state index >= 15 is 0 Å². The number of primary amides is 1. The maximum Gasteiger partial charge on any atom is 0.246 e. The summed E-state index contributed by atoms with van der Waals surface area (Å²) < 4.78 is 32.2. The number of carbonyl (C=O) groups excluding carboxylic acids is 6. The number of rotatable bonds is 52. The summed E-state index contributed by atoms with van der Waals surface area (Å²) in [6.07, 6.45) is 21.9. The molecular weight excluding hydrogens is 871 g/mol. The van der Waals surface area contributed by atoms with E-state index < -0.39 is 24.6 Å². The first-order valence-electron chi connectivity index (χ1n) is 25.0. The second kappa shape index (κ2) is 49.1. The molecule has 0 fully saturated rings. The number of aliphatic hydroxyl groups excluding tert-OH is 1. The largest absolute Gasteiger partial charge is 0.394 e. The minimum atomic E-state index is -0.977. The number of Topliss-reactive ketones (excluding diaryl/α,β-unsaturated/α-hetero) is 1. The van der Waals surface area contributed by atoms with Gasteiger partial charge in [0.2, 0.25) is 29.5 Å². The molecule has 0 saturated carbocycles. The highest BCUT2D eigenvalue weighted by atomic mass is 16.5. The number of ketones is 1. The molecular formula is C47H91N7O13. The molecule has 0 spiro atoms. The Morgan fingerprint density at radius 3 is 1.25 bits per heavy atom. The number of carbonyl (C=O) groups is 6. The van der Waals surface area contributed by atoms with E-state index in [-0.39, 0.29) is 109 Å². The molecule has 0 radical (unpaired) electrons. The molecule has 9 N–H and O–H groups in total. The normalized spacial score (nSPS) is 12.1. The van der Waals surface area contributed by atoms with E-state index in [1.54, 1.807) is 7.05 Å². The summed E-state index contributed by atoms with van der Waals surface area (Å²) in [5.41, 5.74) is 5.15. The summed E-state index contributed by atoms with van der Waals surface area (Å²) in [6, 6.07) is -1.41. The van der Waals surface area contributed by atoms with Gasteiger partial charge >= 0.3 is 0 Å². The Bertz CT molecular complexity index is 1240. The summed E-state index contributed by atoms with van der Waals surface area (Å²) in [5.74, 6) is -1.68. The molecule has 0 aromatic rings. The predicted octanol–water partition coefficient (Wildman–Crippen LogP) is 1.58. The van der Waals surface area contributed by atoms with Crippen LogP contribution in [0.1, 0.15) is 129 Å². The zero-order valence-corrected chi connectivity index (χ0v) is 41.2. The lowest BCUT2D eigenvalue weighted by Crippen LogP contribution is -2.48. The van der Waals surface area contributed by atoms with Crippen molar-refractivity contribution < 1.29 is 62.3 Å². The summed E-state index contributed by atoms with van der Waals surface area (Å²) in [5, 5.41) is 25.7. The molecule has 0 heterocycles. The van der Waals surface area contributed by atoms with Crippen LogP contribution in [0.15, 0.2) is 0 Å². The molecule has 0 rings (SSSR count). The van der Waals surface area contributed by atoms with Crippen molar-refractivity contribution in [3.8, 4) is 0 Å². The van der Waals surface area contributed by atoms with Crippen molar-refractivity contribution in [3.63, 3.8) is 0 Å². The van der Waals surface area contributed by atoms with Crippen molar-refractivity contribution in [3.05, 3.63) is 0 Å². The number of nitrogens with one attached hydrogen (secondary N) is 6. The number of likely N-dealkylation sites (N-methyl/N-ethyl adjacent to an activating group) is 1. The summed E-state index contributed by atoms with van der Waals surface area (Å²) in [7, 11) is 1.66. The van der Waals surface area contributed by atoms with E-state index in [1.165, 1.54) is 83.5 Å². The number of hydrogen-bond donors (Lipinski definition) is 8. The monoisotopic (exact) mass is 962 g/mol. The minimum absolute atomic E-state index is 0.0572. The van der Waals surface area contributed by atoms with Gasteiger partial charge in [-0.05, 0) is 32.7 Å². The highest BCUT2D eigenvalue weighted by molar-refractivity contribution is 5.87. The van der Waals surface area contributed by atoms with Crippen molar-refractivity contribution in [1.29, 1.82) is 0 Å². The predicted molar refractivity (Wildman–Crippen MR) is 256 cm³/mol. The highest BCUT2D eigenvalue weighted by Gasteiger charge is 2.19. The third kappa shape index (κ3) is 44.9. The van der Waals surface area contributed by atoms with Gasteiger partial charge in [-0.15, -0.1) is 0 Å². The van der Waals surface area contributed by atoms with Crippen LogP contribution in [-0.2, 0) is 57.2 Å². The zero-order chi connectivity index (χ0) is 49.3. The highest BCUT2D eigenvalue weighted by Crippen LogP contribution is 2.13. The summed E-state index contributed by atoms with van der Waals surface area (Å²) in [4.78, 5) is 71.4. The van der Waals surface area contributed by atoms with Crippen molar-refractivity contribution in [2.24, 2.45) is 5.73 Å². The van der Waals surface area contributed by atoms with Crippen LogP contribution in [0.5, 0.6) is 0 Å². The van der Waals surface area contributed by atoms with Crippen LogP contribution >= 0.6 is 0 Å². The van der Waals surface area contributed by atoms with E-state index in [1.807, 2.05) is 0 Å². The van der Waals surface area contributed by atoms with Crippen LogP contribution in [0.3, 0.4) is 0 Å².